The average molecular weight is 329 g/mol. The Bertz CT molecular complexity index is 439. The third kappa shape index (κ3) is 2.97. The molecular formula is C9H2BrF5N2O. The minimum absolute atomic E-state index is 0.269. The maximum Gasteiger partial charge on any atom is 0.289 e. The third-order valence-corrected chi connectivity index (χ3v) is 2.29. The maximum atomic E-state index is 12.4. The van der Waals surface area contributed by atoms with Crippen molar-refractivity contribution in [3.8, 4) is 0 Å². The quantitative estimate of drug-likeness (QED) is 0.407. The number of azo groups is 1. The Hall–Kier alpha value is -1.64. The van der Waals surface area contributed by atoms with Crippen LogP contribution in [0.4, 0.5) is 22.0 Å². The summed E-state index contributed by atoms with van der Waals surface area (Å²) in [5, 5.41) is 6.37. The van der Waals surface area contributed by atoms with Crippen LogP contribution in [0.2, 0.25) is 0 Å². The van der Waals surface area contributed by atoms with Crippen LogP contribution >= 0.6 is 15.9 Å². The van der Waals surface area contributed by atoms with Crippen LogP contribution in [0, 0.1) is 29.1 Å². The molecule has 0 unspecified atom stereocenters. The molecule has 0 bridgehead atoms. The SMILES string of the molecule is Fc1c(F)c(F)c(Br)c(F)c1F.O=C1C=CN=N1. The van der Waals surface area contributed by atoms with Gasteiger partial charge in [0.2, 0.25) is 5.82 Å². The first-order valence-corrected chi connectivity index (χ1v) is 4.93. The Morgan fingerprint density at radius 1 is 0.889 bits per heavy atom. The molecule has 1 aromatic carbocycles. The summed E-state index contributed by atoms with van der Waals surface area (Å²) in [5.74, 6) is -10.1. The molecule has 0 spiro atoms. The van der Waals surface area contributed by atoms with Crippen LogP contribution in [0.5, 0.6) is 0 Å². The molecule has 1 amide bonds. The number of carbonyl (C=O) groups is 1. The first-order chi connectivity index (χ1) is 8.36. The zero-order valence-corrected chi connectivity index (χ0v) is 9.81. The van der Waals surface area contributed by atoms with Gasteiger partial charge in [0.1, 0.15) is 0 Å². The van der Waals surface area contributed by atoms with Crippen LogP contribution in [-0.4, -0.2) is 5.91 Å². The van der Waals surface area contributed by atoms with E-state index in [0.29, 0.717) is 0 Å². The second-order valence-corrected chi connectivity index (χ2v) is 3.55. The molecule has 1 aliphatic heterocycles. The number of amides is 1. The molecule has 3 nitrogen and oxygen atoms in total. The summed E-state index contributed by atoms with van der Waals surface area (Å²) in [7, 11) is 0. The van der Waals surface area contributed by atoms with Crippen molar-refractivity contribution in [1.29, 1.82) is 0 Å². The lowest BCUT2D eigenvalue weighted by Gasteiger charge is -2.00. The molecule has 0 fully saturated rings. The van der Waals surface area contributed by atoms with E-state index >= 15 is 0 Å². The number of rotatable bonds is 0. The summed E-state index contributed by atoms with van der Waals surface area (Å²) in [6.45, 7) is 0. The predicted octanol–water partition coefficient (Wildman–Crippen LogP) is 3.64. The van der Waals surface area contributed by atoms with Gasteiger partial charge in [-0.15, -0.1) is 5.11 Å². The minimum Gasteiger partial charge on any atom is -0.266 e. The number of halogens is 6. The van der Waals surface area contributed by atoms with E-state index in [-0.39, 0.29) is 5.91 Å². The van der Waals surface area contributed by atoms with E-state index in [1.807, 2.05) is 0 Å². The Morgan fingerprint density at radius 3 is 1.61 bits per heavy atom. The van der Waals surface area contributed by atoms with E-state index in [1.165, 1.54) is 12.3 Å². The lowest BCUT2D eigenvalue weighted by Crippen LogP contribution is -2.01. The minimum atomic E-state index is -2.16. The van der Waals surface area contributed by atoms with E-state index in [9.17, 15) is 26.7 Å². The predicted molar refractivity (Wildman–Crippen MR) is 52.9 cm³/mol. The van der Waals surface area contributed by atoms with Gasteiger partial charge >= 0.3 is 0 Å². The molecule has 0 atom stereocenters. The summed E-state index contributed by atoms with van der Waals surface area (Å²) in [6.07, 6.45) is 2.67. The van der Waals surface area contributed by atoms with Gasteiger partial charge in [0.25, 0.3) is 5.91 Å². The normalized spacial score (nSPS) is 12.7. The van der Waals surface area contributed by atoms with Crippen molar-refractivity contribution >= 4 is 21.8 Å². The van der Waals surface area contributed by atoms with Gasteiger partial charge in [-0.05, 0) is 15.9 Å². The number of carbonyl (C=O) groups excluding carboxylic acids is 1. The van der Waals surface area contributed by atoms with Crippen molar-refractivity contribution in [3.05, 3.63) is 45.8 Å². The van der Waals surface area contributed by atoms with Crippen LogP contribution in [0.1, 0.15) is 0 Å². The van der Waals surface area contributed by atoms with E-state index in [0.717, 1.165) is 0 Å². The van der Waals surface area contributed by atoms with Gasteiger partial charge < -0.3 is 0 Å². The lowest BCUT2D eigenvalue weighted by atomic mass is 10.3. The van der Waals surface area contributed by atoms with Gasteiger partial charge in [0.05, 0.1) is 10.7 Å². The van der Waals surface area contributed by atoms with E-state index in [1.54, 1.807) is 0 Å². The standard InChI is InChI=1S/C6BrF5.C3H2N2O/c7-1-2(8)4(10)6(12)5(11)3(1)9;6-3-1-2-4-5-3/h;1-2H. The van der Waals surface area contributed by atoms with Crippen LogP contribution in [-0.2, 0) is 4.79 Å². The maximum absolute atomic E-state index is 12.4. The summed E-state index contributed by atoms with van der Waals surface area (Å²) in [4.78, 5) is 9.90. The summed E-state index contributed by atoms with van der Waals surface area (Å²) in [5.41, 5.74) is 0. The van der Waals surface area contributed by atoms with Gasteiger partial charge in [-0.3, -0.25) is 4.79 Å². The van der Waals surface area contributed by atoms with Gasteiger partial charge in [-0.2, -0.15) is 5.11 Å². The van der Waals surface area contributed by atoms with E-state index < -0.39 is 33.6 Å². The average Bonchev–Trinajstić information content (AvgIpc) is 2.83. The third-order valence-electron chi connectivity index (χ3n) is 1.60. The van der Waals surface area contributed by atoms with Crippen molar-refractivity contribution < 1.29 is 26.7 Å². The van der Waals surface area contributed by atoms with Crippen LogP contribution in [0.3, 0.4) is 0 Å². The number of nitrogens with zero attached hydrogens (tertiary/aromatic N) is 2. The number of hydrogen-bond acceptors (Lipinski definition) is 2. The second kappa shape index (κ2) is 5.80. The van der Waals surface area contributed by atoms with Crippen molar-refractivity contribution in [2.24, 2.45) is 10.2 Å². The summed E-state index contributed by atoms with van der Waals surface area (Å²) < 4.78 is 60.3. The molecule has 18 heavy (non-hydrogen) atoms. The van der Waals surface area contributed by atoms with Gasteiger partial charge in [0.15, 0.2) is 23.3 Å². The molecule has 0 radical (unpaired) electrons. The summed E-state index contributed by atoms with van der Waals surface area (Å²) in [6, 6.07) is 0. The number of benzene rings is 1. The monoisotopic (exact) mass is 328 g/mol. The van der Waals surface area contributed by atoms with Gasteiger partial charge in [-0.1, -0.05) is 0 Å². The Morgan fingerprint density at radius 2 is 1.33 bits per heavy atom. The fraction of sp³-hybridized carbons (Fsp3) is 0. The highest BCUT2D eigenvalue weighted by Crippen LogP contribution is 2.26. The highest BCUT2D eigenvalue weighted by Gasteiger charge is 2.23. The first kappa shape index (κ1) is 14.4. The van der Waals surface area contributed by atoms with Crippen molar-refractivity contribution in [1.82, 2.24) is 0 Å². The highest BCUT2D eigenvalue weighted by molar-refractivity contribution is 9.10. The largest absolute Gasteiger partial charge is 0.289 e. The number of hydrogen-bond donors (Lipinski definition) is 0. The smallest absolute Gasteiger partial charge is 0.266 e. The fourth-order valence-electron chi connectivity index (χ4n) is 0.799. The van der Waals surface area contributed by atoms with Crippen molar-refractivity contribution in [3.63, 3.8) is 0 Å². The highest BCUT2D eigenvalue weighted by atomic mass is 79.9. The molecule has 9 heteroatoms. The van der Waals surface area contributed by atoms with Crippen molar-refractivity contribution in [2.45, 2.75) is 0 Å². The van der Waals surface area contributed by atoms with E-state index in [2.05, 4.69) is 26.2 Å². The molecule has 96 valence electrons. The molecule has 1 aromatic rings. The summed E-state index contributed by atoms with van der Waals surface area (Å²) >= 11 is 2.22. The zero-order valence-electron chi connectivity index (χ0n) is 8.23. The Balaban J connectivity index is 0.000000225. The topological polar surface area (TPSA) is 41.8 Å². The van der Waals surface area contributed by atoms with Crippen molar-refractivity contribution in [2.75, 3.05) is 0 Å². The Labute approximate surface area is 105 Å². The zero-order chi connectivity index (χ0) is 13.9. The van der Waals surface area contributed by atoms with Gasteiger partial charge in [0, 0.05) is 6.08 Å². The Kier molecular flexibility index (Phi) is 4.65. The van der Waals surface area contributed by atoms with Crippen LogP contribution in [0.25, 0.3) is 0 Å². The second-order valence-electron chi connectivity index (χ2n) is 2.75. The first-order valence-electron chi connectivity index (χ1n) is 4.14. The van der Waals surface area contributed by atoms with Crippen LogP contribution < -0.4 is 0 Å². The molecule has 0 aromatic heterocycles. The molecule has 2 rings (SSSR count). The molecule has 0 aliphatic carbocycles. The molecule has 0 saturated heterocycles. The lowest BCUT2D eigenvalue weighted by molar-refractivity contribution is -0.113. The molecule has 0 N–H and O–H groups in total. The van der Waals surface area contributed by atoms with Gasteiger partial charge in [-0.25, -0.2) is 22.0 Å². The van der Waals surface area contributed by atoms with Crippen LogP contribution in [0.15, 0.2) is 27.0 Å². The molecule has 1 heterocycles. The molecule has 0 saturated carbocycles. The molecule has 1 aliphatic rings. The van der Waals surface area contributed by atoms with E-state index in [4.69, 9.17) is 0 Å². The molecular weight excluding hydrogens is 327 g/mol. The fourth-order valence-corrected chi connectivity index (χ4v) is 1.15.